The maximum Gasteiger partial charge on any atom is 0.193 e. The lowest BCUT2D eigenvalue weighted by atomic mass is 10.0. The van der Waals surface area contributed by atoms with Crippen LogP contribution in [0.15, 0.2) is 88.7 Å². The van der Waals surface area contributed by atoms with Crippen molar-refractivity contribution in [1.29, 1.82) is 0 Å². The Morgan fingerprint density at radius 1 is 0.778 bits per heavy atom. The minimum absolute atomic E-state index is 0.0515. The molecule has 1 atom stereocenters. The number of rotatable bonds is 5. The first-order valence-electron chi connectivity index (χ1n) is 8.75. The average Bonchev–Trinajstić information content (AvgIpc) is 2.67. The fraction of sp³-hybridized carbons (Fsp3) is 0.174. The highest BCUT2D eigenvalue weighted by molar-refractivity contribution is 7.85. The van der Waals surface area contributed by atoms with Crippen LogP contribution in [-0.2, 0) is 10.8 Å². The van der Waals surface area contributed by atoms with E-state index in [2.05, 4.69) is 0 Å². The molecule has 0 fully saturated rings. The SMILES string of the molecule is CC(C)(C)Oc1ccccc1S(=O)c1ccc(C(=O)c2ccccc2)cc1. The van der Waals surface area contributed by atoms with Crippen molar-refractivity contribution in [2.24, 2.45) is 0 Å². The minimum Gasteiger partial charge on any atom is -0.487 e. The van der Waals surface area contributed by atoms with Gasteiger partial charge in [0.1, 0.15) is 11.4 Å². The van der Waals surface area contributed by atoms with E-state index in [1.165, 1.54) is 0 Å². The van der Waals surface area contributed by atoms with Gasteiger partial charge < -0.3 is 4.74 Å². The van der Waals surface area contributed by atoms with E-state index < -0.39 is 10.8 Å². The molecule has 3 rings (SSSR count). The molecule has 0 heterocycles. The summed E-state index contributed by atoms with van der Waals surface area (Å²) in [5.74, 6) is 0.553. The van der Waals surface area contributed by atoms with Gasteiger partial charge in [0.25, 0.3) is 0 Å². The van der Waals surface area contributed by atoms with E-state index in [4.69, 9.17) is 4.74 Å². The van der Waals surface area contributed by atoms with Crippen molar-refractivity contribution >= 4 is 16.6 Å². The number of ketones is 1. The Morgan fingerprint density at radius 3 is 1.96 bits per heavy atom. The quantitative estimate of drug-likeness (QED) is 0.569. The highest BCUT2D eigenvalue weighted by Gasteiger charge is 2.18. The van der Waals surface area contributed by atoms with Gasteiger partial charge in [-0.2, -0.15) is 0 Å². The third-order valence-electron chi connectivity index (χ3n) is 3.83. The van der Waals surface area contributed by atoms with Crippen LogP contribution < -0.4 is 4.74 Å². The highest BCUT2D eigenvalue weighted by atomic mass is 32.2. The Hall–Kier alpha value is -2.72. The molecular formula is C23H22O3S. The molecule has 0 bridgehead atoms. The number of hydrogen-bond acceptors (Lipinski definition) is 3. The molecule has 138 valence electrons. The molecule has 0 aliphatic heterocycles. The van der Waals surface area contributed by atoms with Gasteiger partial charge in [0.2, 0.25) is 0 Å². The molecule has 0 aromatic heterocycles. The molecule has 1 unspecified atom stereocenters. The zero-order valence-corrected chi connectivity index (χ0v) is 16.5. The Labute approximate surface area is 162 Å². The van der Waals surface area contributed by atoms with Gasteiger partial charge in [-0.3, -0.25) is 4.79 Å². The van der Waals surface area contributed by atoms with Gasteiger partial charge in [0, 0.05) is 16.0 Å². The molecule has 4 heteroatoms. The average molecular weight is 378 g/mol. The number of carbonyl (C=O) groups excluding carboxylic acids is 1. The lowest BCUT2D eigenvalue weighted by Gasteiger charge is -2.23. The van der Waals surface area contributed by atoms with E-state index >= 15 is 0 Å². The van der Waals surface area contributed by atoms with Crippen LogP contribution in [-0.4, -0.2) is 15.6 Å². The number of para-hydroxylation sites is 1. The van der Waals surface area contributed by atoms with Gasteiger partial charge in [0.05, 0.1) is 15.7 Å². The fourth-order valence-corrected chi connectivity index (χ4v) is 3.76. The van der Waals surface area contributed by atoms with Crippen LogP contribution in [0.4, 0.5) is 0 Å². The molecule has 3 nitrogen and oxygen atoms in total. The van der Waals surface area contributed by atoms with Crippen molar-refractivity contribution in [2.45, 2.75) is 36.2 Å². The summed E-state index contributed by atoms with van der Waals surface area (Å²) in [5, 5.41) is 0. The first-order chi connectivity index (χ1) is 12.8. The molecule has 27 heavy (non-hydrogen) atoms. The maximum atomic E-state index is 13.1. The normalized spacial score (nSPS) is 12.4. The summed E-state index contributed by atoms with van der Waals surface area (Å²) in [4.78, 5) is 13.8. The summed E-state index contributed by atoms with van der Waals surface area (Å²) < 4.78 is 19.0. The van der Waals surface area contributed by atoms with Crippen molar-refractivity contribution in [3.63, 3.8) is 0 Å². The molecular weight excluding hydrogens is 356 g/mol. The number of hydrogen-bond donors (Lipinski definition) is 0. The van der Waals surface area contributed by atoms with Gasteiger partial charge in [-0.1, -0.05) is 42.5 Å². The molecule has 3 aromatic carbocycles. The van der Waals surface area contributed by atoms with Crippen LogP contribution in [0, 0.1) is 0 Å². The molecule has 0 aliphatic rings. The molecule has 0 amide bonds. The fourth-order valence-electron chi connectivity index (χ4n) is 2.63. The second-order valence-corrected chi connectivity index (χ2v) is 8.60. The van der Waals surface area contributed by atoms with Crippen molar-refractivity contribution in [3.8, 4) is 5.75 Å². The molecule has 0 N–H and O–H groups in total. The zero-order valence-electron chi connectivity index (χ0n) is 15.6. The molecule has 0 spiro atoms. The summed E-state index contributed by atoms with van der Waals surface area (Å²) in [6, 6.07) is 23.4. The van der Waals surface area contributed by atoms with Crippen LogP contribution in [0.3, 0.4) is 0 Å². The van der Waals surface area contributed by atoms with Crippen LogP contribution in [0.2, 0.25) is 0 Å². The molecule has 0 radical (unpaired) electrons. The Morgan fingerprint density at radius 2 is 1.33 bits per heavy atom. The number of carbonyl (C=O) groups is 1. The summed E-state index contributed by atoms with van der Waals surface area (Å²) in [5.41, 5.74) is 0.822. The lowest BCUT2D eigenvalue weighted by Crippen LogP contribution is -2.23. The van der Waals surface area contributed by atoms with Crippen molar-refractivity contribution < 1.29 is 13.7 Å². The molecule has 0 saturated heterocycles. The van der Waals surface area contributed by atoms with E-state index in [0.717, 1.165) is 0 Å². The topological polar surface area (TPSA) is 43.4 Å². The van der Waals surface area contributed by atoms with Gasteiger partial charge in [-0.25, -0.2) is 4.21 Å². The van der Waals surface area contributed by atoms with Crippen molar-refractivity contribution in [2.75, 3.05) is 0 Å². The van der Waals surface area contributed by atoms with Crippen LogP contribution in [0.25, 0.3) is 0 Å². The smallest absolute Gasteiger partial charge is 0.193 e. The Balaban J connectivity index is 1.86. The third-order valence-corrected chi connectivity index (χ3v) is 5.27. The number of ether oxygens (including phenoxy) is 1. The summed E-state index contributed by atoms with van der Waals surface area (Å²) >= 11 is 0. The predicted octanol–water partition coefficient (Wildman–Crippen LogP) is 5.26. The van der Waals surface area contributed by atoms with E-state index in [9.17, 15) is 9.00 Å². The summed E-state index contributed by atoms with van der Waals surface area (Å²) in [6.45, 7) is 5.87. The molecule has 0 saturated carbocycles. The van der Waals surface area contributed by atoms with Crippen molar-refractivity contribution in [1.82, 2.24) is 0 Å². The van der Waals surface area contributed by atoms with Crippen LogP contribution >= 0.6 is 0 Å². The third kappa shape index (κ3) is 4.72. The van der Waals surface area contributed by atoms with Gasteiger partial charge in [-0.05, 0) is 57.2 Å². The van der Waals surface area contributed by atoms with Gasteiger partial charge >= 0.3 is 0 Å². The largest absolute Gasteiger partial charge is 0.487 e. The molecule has 0 aliphatic carbocycles. The minimum atomic E-state index is -1.40. The predicted molar refractivity (Wildman–Crippen MR) is 108 cm³/mol. The standard InChI is InChI=1S/C23H22O3S/c1-23(2,3)26-20-11-7-8-12-21(20)27(25)19-15-13-18(14-16-19)22(24)17-9-5-4-6-10-17/h4-16H,1-3H3. The van der Waals surface area contributed by atoms with Gasteiger partial charge in [0.15, 0.2) is 5.78 Å². The molecule has 3 aromatic rings. The second kappa shape index (κ2) is 7.89. The van der Waals surface area contributed by atoms with E-state index in [-0.39, 0.29) is 11.4 Å². The lowest BCUT2D eigenvalue weighted by molar-refractivity contribution is 0.103. The van der Waals surface area contributed by atoms with Crippen LogP contribution in [0.1, 0.15) is 36.7 Å². The monoisotopic (exact) mass is 378 g/mol. The number of benzene rings is 3. The summed E-state index contributed by atoms with van der Waals surface area (Å²) in [6.07, 6.45) is 0. The van der Waals surface area contributed by atoms with E-state index in [1.807, 2.05) is 57.2 Å². The van der Waals surface area contributed by atoms with Crippen LogP contribution in [0.5, 0.6) is 5.75 Å². The Kier molecular flexibility index (Phi) is 5.57. The van der Waals surface area contributed by atoms with Crippen molar-refractivity contribution in [3.05, 3.63) is 90.0 Å². The first kappa shape index (κ1) is 19.1. The first-order valence-corrected chi connectivity index (χ1v) is 9.90. The summed E-state index contributed by atoms with van der Waals surface area (Å²) in [7, 11) is -1.40. The van der Waals surface area contributed by atoms with E-state index in [0.29, 0.717) is 26.7 Å². The highest BCUT2D eigenvalue weighted by Crippen LogP contribution is 2.29. The maximum absolute atomic E-state index is 13.1. The van der Waals surface area contributed by atoms with E-state index in [1.54, 1.807) is 42.5 Å². The van der Waals surface area contributed by atoms with Gasteiger partial charge in [-0.15, -0.1) is 0 Å². The Bertz CT molecular complexity index is 955. The zero-order chi connectivity index (χ0) is 19.4. The second-order valence-electron chi connectivity index (χ2n) is 7.15.